The first-order valence-electron chi connectivity index (χ1n) is 46.3. The zero-order valence-corrected chi connectivity index (χ0v) is 81.4. The third-order valence-corrected chi connectivity index (χ3v) is 25.4. The van der Waals surface area contributed by atoms with Crippen molar-refractivity contribution in [3.63, 3.8) is 0 Å². The molecule has 11 aromatic heterocycles. The van der Waals surface area contributed by atoms with Crippen molar-refractivity contribution in [2.24, 2.45) is 7.05 Å². The number of nitrogens with one attached hydrogen (secondary N) is 13. The van der Waals surface area contributed by atoms with Crippen LogP contribution in [0.15, 0.2) is 175 Å². The summed E-state index contributed by atoms with van der Waals surface area (Å²) in [7, 11) is 11.3. The van der Waals surface area contributed by atoms with Crippen LogP contribution in [0.4, 0.5) is 50.9 Å². The third kappa shape index (κ3) is 22.1. The number of anilines is 8. The minimum atomic E-state index is -0.572. The van der Waals surface area contributed by atoms with Crippen molar-refractivity contribution < 1.29 is 65.9 Å². The summed E-state index contributed by atoms with van der Waals surface area (Å²) in [6, 6.07) is 38.5. The predicted octanol–water partition coefficient (Wildman–Crippen LogP) is 18.8. The lowest BCUT2D eigenvalue weighted by molar-refractivity contribution is -0.00346. The monoisotopic (exact) mass is 1990 g/mol. The number of halogens is 4. The molecule has 4 aliphatic rings. The average Bonchev–Trinajstić information content (AvgIpc) is 1.63. The summed E-state index contributed by atoms with van der Waals surface area (Å²) in [4.78, 5) is 118. The molecule has 4 fully saturated rings. The number of carbonyl (C=O) groups is 5. The van der Waals surface area contributed by atoms with Crippen LogP contribution in [0.3, 0.4) is 0 Å². The van der Waals surface area contributed by atoms with Gasteiger partial charge in [0.25, 0.3) is 29.5 Å². The van der Waals surface area contributed by atoms with Crippen LogP contribution in [0.25, 0.3) is 99.7 Å². The van der Waals surface area contributed by atoms with Gasteiger partial charge in [0.05, 0.1) is 106 Å². The standard InChI is InChI=1S/C27H25ClN6O3.C27H27ClN6O3.C24H25ClN6O3.C24H23FN6O4/c1-14-31-21-10-7-15(12-22(21)36-14)18-13-30-24-23(18)26(37-17-5-3-4-6-17)34-27(33-24)32-20-9-8-16(11-19(20)28)25(35)29-2;1-29-24(35)16-9-7-15(8-10-16)19-14-31-23-22(19)26(37-18-5-3-4-6-18)34-27(33-23)32-21-12-11-17(13-20(21)28)25(36)30-2;1-26-22(32)14-3-4-19(18(25)11-14)28-24-29-21-20(17(12-27-21)15-5-8-31(2)13-15)23(30-24)34-16-6-9-33-10-7-16;1-12-6-14(8-19(25)27-12)16-9-26-21-20(16)23(34-3)31-24(30-21)29-17-5-4-13(7-18(17)33-2)22(32)28-15-10-35-11-15/h7-13,17H,3-6H2,1-2H3,(H,29,35)(H2,30,32,33,34);7-14,18H,3-6H2,1-2H3,(H,29,35)(H,30,36)(H2,31,32,33,34);3-5,8,11-13,16H,6-7,9-10H2,1-2H3,(H,26,32)(H2,27,28,29,30);4-9,15H,10-11H2,1-3H3,(H,28,32)(H2,26,29,30,31). The van der Waals surface area contributed by atoms with Gasteiger partial charge in [-0.15, -0.1) is 0 Å². The van der Waals surface area contributed by atoms with Crippen molar-refractivity contribution >= 4 is 166 Å². The van der Waals surface area contributed by atoms with Crippen LogP contribution in [-0.2, 0) is 16.5 Å². The lowest BCUT2D eigenvalue weighted by Crippen LogP contribution is -2.48. The number of ether oxygens (including phenoxy) is 7. The van der Waals surface area contributed by atoms with Crippen molar-refractivity contribution in [1.29, 1.82) is 0 Å². The summed E-state index contributed by atoms with van der Waals surface area (Å²) < 4.78 is 62.5. The Hall–Kier alpha value is -16.0. The Morgan fingerprint density at radius 1 is 0.413 bits per heavy atom. The second-order valence-electron chi connectivity index (χ2n) is 34.2. The summed E-state index contributed by atoms with van der Waals surface area (Å²) in [6.45, 7) is 5.91. The zero-order chi connectivity index (χ0) is 99.6. The largest absolute Gasteiger partial charge is 0.495 e. The van der Waals surface area contributed by atoms with E-state index < -0.39 is 5.95 Å². The van der Waals surface area contributed by atoms with Gasteiger partial charge < -0.3 is 110 Å². The zero-order valence-electron chi connectivity index (χ0n) is 79.1. The molecular weight excluding hydrogens is 1890 g/mol. The summed E-state index contributed by atoms with van der Waals surface area (Å²) in [6.07, 6.45) is 21.7. The maximum Gasteiger partial charge on any atom is 0.251 e. The van der Waals surface area contributed by atoms with Crippen LogP contribution in [0.1, 0.15) is 128 Å². The van der Waals surface area contributed by atoms with Gasteiger partial charge in [-0.05, 0) is 184 Å². The summed E-state index contributed by atoms with van der Waals surface area (Å²) in [5, 5.41) is 30.1. The number of aromatic amines is 4. The molecule has 0 spiro atoms. The summed E-state index contributed by atoms with van der Waals surface area (Å²) in [5.74, 6) is 2.53. The van der Waals surface area contributed by atoms with E-state index in [1.165, 1.54) is 20.3 Å². The molecule has 41 heteroatoms. The molecule has 2 aliphatic carbocycles. The number of carbonyl (C=O) groups excluding carboxylic acids is 5. The van der Waals surface area contributed by atoms with E-state index in [4.69, 9.17) is 92.3 Å². The van der Waals surface area contributed by atoms with Crippen molar-refractivity contribution in [2.45, 2.75) is 102 Å². The van der Waals surface area contributed by atoms with Crippen LogP contribution >= 0.6 is 34.8 Å². The van der Waals surface area contributed by atoms with E-state index in [-0.39, 0.29) is 59.8 Å². The lowest BCUT2D eigenvalue weighted by Gasteiger charge is -2.26. The van der Waals surface area contributed by atoms with Crippen LogP contribution in [-0.4, -0.2) is 197 Å². The molecule has 17 aromatic rings. The Bertz CT molecular complexity index is 7610. The summed E-state index contributed by atoms with van der Waals surface area (Å²) >= 11 is 19.3. The van der Waals surface area contributed by atoms with E-state index in [0.717, 1.165) is 125 Å². The fourth-order valence-corrected chi connectivity index (χ4v) is 17.8. The van der Waals surface area contributed by atoms with E-state index in [1.807, 2.05) is 85.9 Å². The van der Waals surface area contributed by atoms with Gasteiger partial charge in [-0.3, -0.25) is 24.0 Å². The van der Waals surface area contributed by atoms with Gasteiger partial charge in [-0.2, -0.15) is 44.3 Å². The smallest absolute Gasteiger partial charge is 0.251 e. The molecule has 0 atom stereocenters. The molecule has 13 heterocycles. The number of H-pyrrole nitrogens is 4. The molecule has 21 rings (SSSR count). The van der Waals surface area contributed by atoms with Crippen molar-refractivity contribution in [3.8, 4) is 73.8 Å². The maximum absolute atomic E-state index is 13.9. The number of methoxy groups -OCH3 is 2. The number of oxazole rings is 1. The molecule has 143 heavy (non-hydrogen) atoms. The molecule has 6 aromatic carbocycles. The Morgan fingerprint density at radius 2 is 0.818 bits per heavy atom. The number of hydrogen-bond donors (Lipinski definition) is 13. The van der Waals surface area contributed by atoms with Gasteiger partial charge >= 0.3 is 0 Å². The van der Waals surface area contributed by atoms with Crippen LogP contribution in [0.5, 0.6) is 29.3 Å². The highest BCUT2D eigenvalue weighted by Crippen LogP contribution is 2.44. The average molecular weight is 2000 g/mol. The molecule has 2 saturated carbocycles. The molecule has 734 valence electrons. The van der Waals surface area contributed by atoms with Crippen LogP contribution in [0.2, 0.25) is 15.1 Å². The minimum Gasteiger partial charge on any atom is -0.495 e. The minimum absolute atomic E-state index is 0.00801. The Labute approximate surface area is 832 Å². The number of nitrogens with zero attached hydrogens (tertiary/aromatic N) is 11. The highest BCUT2D eigenvalue weighted by Gasteiger charge is 2.30. The van der Waals surface area contributed by atoms with Crippen molar-refractivity contribution in [2.75, 3.05) is 90.1 Å². The number of pyridine rings is 1. The first kappa shape index (κ1) is 97.2. The fourth-order valence-electron chi connectivity index (χ4n) is 17.1. The number of aryl methyl sites for hydroxylation is 3. The molecule has 2 saturated heterocycles. The normalized spacial score (nSPS) is 13.8. The van der Waals surface area contributed by atoms with Crippen molar-refractivity contribution in [3.05, 3.63) is 231 Å². The maximum atomic E-state index is 13.9. The summed E-state index contributed by atoms with van der Waals surface area (Å²) in [5.41, 5.74) is 16.2. The molecular formula is C102H100Cl3FN24O13. The van der Waals surface area contributed by atoms with E-state index in [9.17, 15) is 28.4 Å². The fraction of sp³-hybridized carbons (Fsp3) is 0.265. The van der Waals surface area contributed by atoms with Gasteiger partial charge in [0.2, 0.25) is 53.3 Å². The van der Waals surface area contributed by atoms with Gasteiger partial charge in [0, 0.05) is 160 Å². The lowest BCUT2D eigenvalue weighted by atomic mass is 10.0. The Morgan fingerprint density at radius 3 is 1.24 bits per heavy atom. The highest BCUT2D eigenvalue weighted by molar-refractivity contribution is 6.34. The van der Waals surface area contributed by atoms with E-state index >= 15 is 0 Å². The molecule has 0 unspecified atom stereocenters. The SMILES string of the molecule is CNC(=O)c1ccc(-c2c[nH]c3nc(Nc4ccc(C(=O)NC)cc4Cl)nc(OC4CCCC4)c23)cc1.CNC(=O)c1ccc(Nc2nc(OC3CCCC3)c3c(-c4ccc5nc(C)oc5c4)c[nH]c3n2)c(Cl)c1.CNC(=O)c1ccc(Nc2nc(OC3CCOCC3)c3c(-c4ccn(C)c4)c[nH]c3n2)c(Cl)c1.COc1cc(C(=O)NC2COC2)ccc1Nc1nc(OC)c2c(-c3cc(C)nc(F)c3)c[nH]c2n1. The first-order chi connectivity index (χ1) is 69.4. The molecule has 5 amide bonds. The second kappa shape index (κ2) is 43.4. The second-order valence-corrected chi connectivity index (χ2v) is 35.4. The number of amides is 5. The number of benzene rings is 6. The molecule has 37 nitrogen and oxygen atoms in total. The quantitative estimate of drug-likeness (QED) is 0.0224. The third-order valence-electron chi connectivity index (χ3n) is 24.5. The molecule has 2 aliphatic heterocycles. The van der Waals surface area contributed by atoms with Crippen molar-refractivity contribution in [1.82, 2.24) is 101 Å². The first-order valence-corrected chi connectivity index (χ1v) is 47.4. The number of rotatable bonds is 26. The van der Waals surface area contributed by atoms with Gasteiger partial charge in [0.1, 0.15) is 52.2 Å². The number of fused-ring (bicyclic) bond motifs is 5. The molecule has 0 radical (unpaired) electrons. The van der Waals surface area contributed by atoms with Crippen LogP contribution < -0.4 is 71.5 Å². The predicted molar refractivity (Wildman–Crippen MR) is 544 cm³/mol. The molecule has 0 bridgehead atoms. The number of hydrogen-bond acceptors (Lipinski definition) is 27. The van der Waals surface area contributed by atoms with E-state index in [1.54, 1.807) is 132 Å². The molecule has 13 N–H and O–H groups in total. The Kier molecular flexibility index (Phi) is 29.5. The van der Waals surface area contributed by atoms with E-state index in [0.29, 0.717) is 190 Å². The van der Waals surface area contributed by atoms with Crippen LogP contribution in [0, 0.1) is 19.8 Å². The Balaban J connectivity index is 0.000000126. The van der Waals surface area contributed by atoms with E-state index in [2.05, 4.69) is 97.7 Å². The van der Waals surface area contributed by atoms with Gasteiger partial charge in [-0.1, -0.05) is 53.0 Å². The number of aromatic nitrogens is 15. The van der Waals surface area contributed by atoms with Gasteiger partial charge in [-0.25, -0.2) is 9.97 Å². The highest BCUT2D eigenvalue weighted by atomic mass is 35.5. The van der Waals surface area contributed by atoms with Gasteiger partial charge in [0.15, 0.2) is 11.5 Å². The topological polar surface area (TPSA) is 468 Å².